The van der Waals surface area contributed by atoms with E-state index in [-0.39, 0.29) is 17.2 Å². The van der Waals surface area contributed by atoms with Crippen molar-refractivity contribution >= 4 is 38.3 Å². The Kier molecular flexibility index (Phi) is 4.21. The highest BCUT2D eigenvalue weighted by atomic mass is 79.9. The molecule has 19 heavy (non-hydrogen) atoms. The van der Waals surface area contributed by atoms with E-state index in [4.69, 9.17) is 0 Å². The quantitative estimate of drug-likeness (QED) is 0.887. The molecule has 2 aromatic rings. The van der Waals surface area contributed by atoms with Gasteiger partial charge >= 0.3 is 0 Å². The Bertz CT molecular complexity index is 610. The molecule has 0 fully saturated rings. The summed E-state index contributed by atoms with van der Waals surface area (Å²) < 4.78 is 0.734. The van der Waals surface area contributed by atoms with Crippen molar-refractivity contribution in [2.45, 2.75) is 19.8 Å². The lowest BCUT2D eigenvalue weighted by Crippen LogP contribution is -2.12. The maximum atomic E-state index is 12.0. The van der Waals surface area contributed by atoms with Crippen LogP contribution in [0, 0.1) is 0 Å². The Morgan fingerprint density at radius 2 is 2.21 bits per heavy atom. The Balaban J connectivity index is 2.18. The molecule has 0 saturated heterocycles. The Morgan fingerprint density at radius 1 is 1.47 bits per heavy atom. The van der Waals surface area contributed by atoms with E-state index in [9.17, 15) is 9.90 Å². The lowest BCUT2D eigenvalue weighted by atomic mass is 10.2. The van der Waals surface area contributed by atoms with E-state index >= 15 is 0 Å². The van der Waals surface area contributed by atoms with Gasteiger partial charge < -0.3 is 5.11 Å². The number of carbonyl (C=O) groups is 1. The van der Waals surface area contributed by atoms with E-state index in [0.29, 0.717) is 11.0 Å². The number of amides is 1. The third-order valence-corrected chi connectivity index (χ3v) is 3.81. The summed E-state index contributed by atoms with van der Waals surface area (Å²) in [6.45, 7) is 4.08. The second-order valence-corrected chi connectivity index (χ2v) is 6.12. The fourth-order valence-electron chi connectivity index (χ4n) is 1.46. The van der Waals surface area contributed by atoms with Crippen LogP contribution in [-0.4, -0.2) is 16.0 Å². The van der Waals surface area contributed by atoms with Crippen LogP contribution in [-0.2, 0) is 0 Å². The molecule has 0 aliphatic heterocycles. The topological polar surface area (TPSA) is 62.2 Å². The molecule has 0 unspecified atom stereocenters. The largest absolute Gasteiger partial charge is 0.507 e. The van der Waals surface area contributed by atoms with Gasteiger partial charge in [-0.25, -0.2) is 4.98 Å². The number of hydrogen-bond donors (Lipinski definition) is 2. The van der Waals surface area contributed by atoms with E-state index in [1.165, 1.54) is 17.4 Å². The summed E-state index contributed by atoms with van der Waals surface area (Å²) in [6.07, 6.45) is 0. The first-order chi connectivity index (χ1) is 8.97. The molecule has 0 aliphatic rings. The number of phenolic OH excluding ortho intramolecular Hbond substituents is 1. The predicted molar refractivity (Wildman–Crippen MR) is 80.0 cm³/mol. The number of nitrogens with zero attached hydrogens (tertiary/aromatic N) is 1. The van der Waals surface area contributed by atoms with E-state index < -0.39 is 0 Å². The number of aromatic nitrogens is 1. The van der Waals surface area contributed by atoms with Crippen molar-refractivity contribution in [1.82, 2.24) is 4.98 Å². The van der Waals surface area contributed by atoms with Crippen LogP contribution in [0.1, 0.15) is 35.8 Å². The predicted octanol–water partition coefficient (Wildman–Crippen LogP) is 3.99. The van der Waals surface area contributed by atoms with Crippen LogP contribution in [0.4, 0.5) is 5.13 Å². The van der Waals surface area contributed by atoms with Crippen LogP contribution in [0.15, 0.2) is 28.1 Å². The Labute approximate surface area is 123 Å². The number of rotatable bonds is 3. The molecule has 0 saturated carbocycles. The minimum absolute atomic E-state index is 0.0543. The fourth-order valence-corrected chi connectivity index (χ4v) is 2.69. The van der Waals surface area contributed by atoms with Crippen molar-refractivity contribution in [2.24, 2.45) is 0 Å². The van der Waals surface area contributed by atoms with Crippen LogP contribution < -0.4 is 5.32 Å². The lowest BCUT2D eigenvalue weighted by Gasteiger charge is -2.05. The lowest BCUT2D eigenvalue weighted by molar-refractivity contribution is 0.102. The Morgan fingerprint density at radius 3 is 2.84 bits per heavy atom. The number of halogens is 1. The molecular weight excluding hydrogens is 328 g/mol. The third kappa shape index (κ3) is 3.33. The van der Waals surface area contributed by atoms with Crippen molar-refractivity contribution in [3.05, 3.63) is 39.3 Å². The van der Waals surface area contributed by atoms with Crippen molar-refractivity contribution in [3.63, 3.8) is 0 Å². The van der Waals surface area contributed by atoms with Crippen molar-refractivity contribution < 1.29 is 9.90 Å². The maximum Gasteiger partial charge on any atom is 0.261 e. The number of aromatic hydroxyl groups is 1. The van der Waals surface area contributed by atoms with E-state index in [1.807, 2.05) is 19.2 Å². The van der Waals surface area contributed by atoms with Crippen LogP contribution in [0.25, 0.3) is 0 Å². The van der Waals surface area contributed by atoms with Crippen LogP contribution in [0.3, 0.4) is 0 Å². The zero-order valence-electron chi connectivity index (χ0n) is 10.5. The van der Waals surface area contributed by atoms with Gasteiger partial charge in [0.25, 0.3) is 5.91 Å². The molecule has 1 heterocycles. The van der Waals surface area contributed by atoms with Gasteiger partial charge in [-0.15, -0.1) is 11.3 Å². The number of carbonyl (C=O) groups excluding carboxylic acids is 1. The SMILES string of the molecule is CC(C)c1csc(NC(=O)c2cc(Br)ccc2O)n1. The normalized spacial score (nSPS) is 10.7. The number of anilines is 1. The molecule has 0 spiro atoms. The minimum Gasteiger partial charge on any atom is -0.507 e. The van der Waals surface area contributed by atoms with Gasteiger partial charge in [-0.3, -0.25) is 10.1 Å². The molecule has 0 aliphatic carbocycles. The number of benzene rings is 1. The third-order valence-electron chi connectivity index (χ3n) is 2.54. The zero-order valence-corrected chi connectivity index (χ0v) is 12.9. The van der Waals surface area contributed by atoms with Gasteiger partial charge in [-0.2, -0.15) is 0 Å². The molecule has 1 aromatic heterocycles. The summed E-state index contributed by atoms with van der Waals surface area (Å²) in [4.78, 5) is 16.4. The van der Waals surface area contributed by atoms with Gasteiger partial charge in [-0.05, 0) is 24.1 Å². The second kappa shape index (κ2) is 5.71. The number of nitrogens with one attached hydrogen (secondary N) is 1. The molecule has 0 atom stereocenters. The average Bonchev–Trinajstić information content (AvgIpc) is 2.80. The molecule has 1 amide bonds. The van der Waals surface area contributed by atoms with Crippen LogP contribution in [0.5, 0.6) is 5.75 Å². The summed E-state index contributed by atoms with van der Waals surface area (Å²) in [5, 5.41) is 14.8. The van der Waals surface area contributed by atoms with Crippen LogP contribution >= 0.6 is 27.3 Å². The molecule has 2 N–H and O–H groups in total. The summed E-state index contributed by atoms with van der Waals surface area (Å²) in [5.41, 5.74) is 1.16. The molecular formula is C13H13BrN2O2S. The van der Waals surface area contributed by atoms with E-state index in [2.05, 4.69) is 26.2 Å². The summed E-state index contributed by atoms with van der Waals surface area (Å²) >= 11 is 4.64. The number of thiazole rings is 1. The first-order valence-corrected chi connectivity index (χ1v) is 7.40. The first-order valence-electron chi connectivity index (χ1n) is 5.72. The van der Waals surface area contributed by atoms with Gasteiger partial charge in [-0.1, -0.05) is 29.8 Å². The van der Waals surface area contributed by atoms with E-state index in [0.717, 1.165) is 10.2 Å². The maximum absolute atomic E-state index is 12.0. The second-order valence-electron chi connectivity index (χ2n) is 4.35. The van der Waals surface area contributed by atoms with E-state index in [1.54, 1.807) is 12.1 Å². The summed E-state index contributed by atoms with van der Waals surface area (Å²) in [6, 6.07) is 4.72. The molecule has 4 nitrogen and oxygen atoms in total. The average molecular weight is 341 g/mol. The molecule has 6 heteroatoms. The van der Waals surface area contributed by atoms with Gasteiger partial charge in [0, 0.05) is 9.85 Å². The summed E-state index contributed by atoms with van der Waals surface area (Å²) in [5.74, 6) is -0.106. The fraction of sp³-hybridized carbons (Fsp3) is 0.231. The van der Waals surface area contributed by atoms with Gasteiger partial charge in [0.1, 0.15) is 5.75 Å². The van der Waals surface area contributed by atoms with Crippen molar-refractivity contribution in [1.29, 1.82) is 0 Å². The number of hydrogen-bond acceptors (Lipinski definition) is 4. The van der Waals surface area contributed by atoms with Gasteiger partial charge in [0.05, 0.1) is 11.3 Å². The highest BCUT2D eigenvalue weighted by Gasteiger charge is 2.14. The van der Waals surface area contributed by atoms with Gasteiger partial charge in [0.2, 0.25) is 0 Å². The van der Waals surface area contributed by atoms with Gasteiger partial charge in [0.15, 0.2) is 5.13 Å². The first kappa shape index (κ1) is 14.0. The molecule has 100 valence electrons. The van der Waals surface area contributed by atoms with Crippen molar-refractivity contribution in [2.75, 3.05) is 5.32 Å². The minimum atomic E-state index is -0.372. The standard InChI is InChI=1S/C13H13BrN2O2S/c1-7(2)10-6-19-13(15-10)16-12(18)9-5-8(14)3-4-11(9)17/h3-7,17H,1-2H3,(H,15,16,18). The smallest absolute Gasteiger partial charge is 0.261 e. The monoisotopic (exact) mass is 340 g/mol. The highest BCUT2D eigenvalue weighted by molar-refractivity contribution is 9.10. The zero-order chi connectivity index (χ0) is 14.0. The molecule has 0 radical (unpaired) electrons. The Hall–Kier alpha value is -1.40. The molecule has 1 aromatic carbocycles. The van der Waals surface area contributed by atoms with Crippen LogP contribution in [0.2, 0.25) is 0 Å². The molecule has 2 rings (SSSR count). The van der Waals surface area contributed by atoms with Crippen molar-refractivity contribution in [3.8, 4) is 5.75 Å². The summed E-state index contributed by atoms with van der Waals surface area (Å²) in [7, 11) is 0. The number of phenols is 1. The highest BCUT2D eigenvalue weighted by Crippen LogP contribution is 2.25. The molecule has 0 bridgehead atoms.